The van der Waals surface area contributed by atoms with E-state index in [-0.39, 0.29) is 62.8 Å². The number of ether oxygens (including phenoxy) is 3. The van der Waals surface area contributed by atoms with Crippen LogP contribution in [0.25, 0.3) is 33.5 Å². The molecule has 3 saturated heterocycles. The molecule has 9 heterocycles. The van der Waals surface area contributed by atoms with Crippen LogP contribution in [0.15, 0.2) is 14.4 Å². The van der Waals surface area contributed by atoms with Crippen LogP contribution in [0.1, 0.15) is 39.5 Å². The summed E-state index contributed by atoms with van der Waals surface area (Å²) in [6, 6.07) is 0. The standard InChI is InChI=1S/C33H39I3N15O16P/c1-31(58)13(52)7(65-22(31)49-16-10(40-25(49)34)19(55)46-28(37)43-16)4-62-68(61,63-5-8-14(53)32(2,59)23(66-8)50-17-11(41-26(50)35)20(56)47-29(38)44-17)64-6-9-15(54)33(3,60)24(67-9)51-18-12(42-27(51)36)21(57)48-30(39)45-18/h7-9,13-15,22-24,52-54,58-60H,4-6H2,1-3H3,(H3,37,43,46,55)(H3,38,44,47,56)(H3,39,45,48,57)/t7-,8-,9-,13-,14-,15-,22-,23-,24-,31-,32-,33-/m1/s1. The Balaban J connectivity index is 0.998. The monoisotopic (exact) mass is 1310 g/mol. The molecular formula is C33H39I3N15O16P. The lowest BCUT2D eigenvalue weighted by Gasteiger charge is -2.28. The lowest BCUT2D eigenvalue weighted by molar-refractivity contribution is -0.0984. The van der Waals surface area contributed by atoms with Crippen LogP contribution in [-0.2, 0) is 32.3 Å². The maximum Gasteiger partial charge on any atom is 0.475 e. The van der Waals surface area contributed by atoms with Gasteiger partial charge in [-0.1, -0.05) is 0 Å². The summed E-state index contributed by atoms with van der Waals surface area (Å²) in [5.74, 6) is -0.844. The Bertz CT molecular complexity index is 2900. The number of hydrogen-bond donors (Lipinski definition) is 12. The molecular weight excluding hydrogens is 1270 g/mol. The maximum absolute atomic E-state index is 14.8. The van der Waals surface area contributed by atoms with Gasteiger partial charge in [-0.05, 0) is 20.8 Å². The van der Waals surface area contributed by atoms with Crippen LogP contribution >= 0.6 is 75.6 Å². The second-order valence-corrected chi connectivity index (χ2v) is 21.1. The Morgan fingerprint density at radius 2 is 0.809 bits per heavy atom. The zero-order valence-electron chi connectivity index (χ0n) is 34.9. The molecule has 0 saturated carbocycles. The van der Waals surface area contributed by atoms with Gasteiger partial charge in [0, 0.05) is 67.8 Å². The highest BCUT2D eigenvalue weighted by atomic mass is 127. The molecule has 68 heavy (non-hydrogen) atoms. The number of phosphoric acid groups is 1. The van der Waals surface area contributed by atoms with Gasteiger partial charge in [-0.3, -0.25) is 56.6 Å². The highest BCUT2D eigenvalue weighted by molar-refractivity contribution is 14.1. The van der Waals surface area contributed by atoms with Crippen molar-refractivity contribution in [2.24, 2.45) is 0 Å². The van der Waals surface area contributed by atoms with E-state index in [1.165, 1.54) is 34.5 Å². The fourth-order valence-corrected chi connectivity index (χ4v) is 11.6. The van der Waals surface area contributed by atoms with Gasteiger partial charge in [0.25, 0.3) is 16.7 Å². The predicted octanol–water partition coefficient (Wildman–Crippen LogP) is -2.87. The Morgan fingerprint density at radius 1 is 0.559 bits per heavy atom. The molecule has 6 aromatic heterocycles. The maximum atomic E-state index is 14.8. The number of aromatic nitrogens is 12. The number of imidazole rings is 3. The Hall–Kier alpha value is -3.61. The smallest absolute Gasteiger partial charge is 0.387 e. The first-order valence-electron chi connectivity index (χ1n) is 19.8. The van der Waals surface area contributed by atoms with Gasteiger partial charge in [-0.25, -0.2) is 19.5 Å². The average Bonchev–Trinajstić information content (AvgIpc) is 4.02. The van der Waals surface area contributed by atoms with E-state index in [0.29, 0.717) is 0 Å². The first-order valence-corrected chi connectivity index (χ1v) is 24.5. The molecule has 3 fully saturated rings. The summed E-state index contributed by atoms with van der Waals surface area (Å²) >= 11 is 5.28. The number of H-pyrrole nitrogens is 3. The number of aliphatic hydroxyl groups is 6. The molecule has 0 unspecified atom stereocenters. The van der Waals surface area contributed by atoms with Crippen molar-refractivity contribution in [2.45, 2.75) is 92.9 Å². The number of halogens is 3. The summed E-state index contributed by atoms with van der Waals surface area (Å²) in [5.41, 5.74) is 7.99. The van der Waals surface area contributed by atoms with Crippen molar-refractivity contribution in [1.82, 2.24) is 58.6 Å². The van der Waals surface area contributed by atoms with Crippen LogP contribution in [0.4, 0.5) is 17.8 Å². The van der Waals surface area contributed by atoms with Crippen molar-refractivity contribution in [3.05, 3.63) is 42.6 Å². The summed E-state index contributed by atoms with van der Waals surface area (Å²) in [7, 11) is -5.11. The lowest BCUT2D eigenvalue weighted by atomic mass is 9.96. The lowest BCUT2D eigenvalue weighted by Crippen LogP contribution is -2.45. The average molecular weight is 1310 g/mol. The third-order valence-electron chi connectivity index (χ3n) is 11.7. The SMILES string of the molecule is C[C@@]1(O)[C@H](O)[C@@H](COP(=O)(OC[C@H]2O[C@@H](n3c(I)nc4c(=O)[nH]c(N)nc43)[C@](C)(O)[C@@H]2O)OC[C@H]2O[C@@H](n3c(I)nc4c(=O)[nH]c(N)nc43)[C@](C)(O)[C@@H]2O)O[C@H]1n1c(I)nc2c(=O)[nH]c(N)nc21. The first-order chi connectivity index (χ1) is 31.7. The molecule has 15 N–H and O–H groups in total. The molecule has 0 aliphatic carbocycles. The van der Waals surface area contributed by atoms with E-state index in [1.807, 2.05) is 0 Å². The molecule has 0 radical (unpaired) electrons. The second-order valence-electron chi connectivity index (χ2n) is 16.5. The number of phosphoric ester groups is 1. The quantitative estimate of drug-likeness (QED) is 0.0333. The van der Waals surface area contributed by atoms with Crippen molar-refractivity contribution in [1.29, 1.82) is 0 Å². The molecule has 12 atom stereocenters. The van der Waals surface area contributed by atoms with Crippen molar-refractivity contribution in [3.8, 4) is 0 Å². The highest BCUT2D eigenvalue weighted by Crippen LogP contribution is 2.53. The van der Waals surface area contributed by atoms with Gasteiger partial charge in [-0.2, -0.15) is 15.0 Å². The van der Waals surface area contributed by atoms with Gasteiger partial charge in [-0.15, -0.1) is 0 Å². The molecule has 0 aromatic carbocycles. The van der Waals surface area contributed by atoms with E-state index in [2.05, 4.69) is 44.9 Å². The fraction of sp³-hybridized carbons (Fsp3) is 0.545. The van der Waals surface area contributed by atoms with Crippen molar-refractivity contribution < 1.29 is 63.0 Å². The number of rotatable bonds is 12. The number of hydrogen-bond acceptors (Lipinski definition) is 25. The van der Waals surface area contributed by atoms with Gasteiger partial charge in [0.05, 0.1) is 19.8 Å². The van der Waals surface area contributed by atoms with Gasteiger partial charge < -0.3 is 62.1 Å². The third kappa shape index (κ3) is 8.10. The minimum absolute atomic E-state index is 0.0973. The van der Waals surface area contributed by atoms with E-state index < -0.39 is 116 Å². The summed E-state index contributed by atoms with van der Waals surface area (Å²) in [4.78, 5) is 69.8. The topological polar surface area (TPSA) is 463 Å². The zero-order chi connectivity index (χ0) is 49.3. The first kappa shape index (κ1) is 49.4. The van der Waals surface area contributed by atoms with Gasteiger partial charge in [0.1, 0.15) is 53.4 Å². The number of fused-ring (bicyclic) bond motifs is 3. The fourth-order valence-electron chi connectivity index (χ4n) is 8.21. The molecule has 3 aliphatic rings. The van der Waals surface area contributed by atoms with Crippen molar-refractivity contribution >= 4 is 127 Å². The number of anilines is 3. The van der Waals surface area contributed by atoms with Crippen LogP contribution in [0.3, 0.4) is 0 Å². The molecule has 9 rings (SSSR count). The molecule has 31 nitrogen and oxygen atoms in total. The van der Waals surface area contributed by atoms with Crippen molar-refractivity contribution in [2.75, 3.05) is 37.0 Å². The number of nitrogens with zero attached hydrogens (tertiary/aromatic N) is 9. The number of nitrogen functional groups attached to an aromatic ring is 3. The van der Waals surface area contributed by atoms with Crippen LogP contribution in [0.2, 0.25) is 0 Å². The second kappa shape index (κ2) is 17.3. The predicted molar refractivity (Wildman–Crippen MR) is 253 cm³/mol. The molecule has 0 spiro atoms. The third-order valence-corrected chi connectivity index (χ3v) is 15.4. The summed E-state index contributed by atoms with van der Waals surface area (Å²) in [6.07, 6.45) is -14.6. The van der Waals surface area contributed by atoms with Gasteiger partial charge >= 0.3 is 7.82 Å². The Morgan fingerprint density at radius 3 is 1.06 bits per heavy atom. The summed E-state index contributed by atoms with van der Waals surface area (Å²) < 4.78 is 54.1. The van der Waals surface area contributed by atoms with E-state index in [1.54, 1.807) is 67.8 Å². The largest absolute Gasteiger partial charge is 0.475 e. The molecule has 35 heteroatoms. The van der Waals surface area contributed by atoms with Crippen LogP contribution in [-0.4, -0.2) is 162 Å². The molecule has 6 aromatic rings. The van der Waals surface area contributed by atoms with E-state index in [4.69, 9.17) is 45.0 Å². The van der Waals surface area contributed by atoms with Gasteiger partial charge in [0.2, 0.25) is 17.8 Å². The number of aliphatic hydroxyl groups excluding tert-OH is 3. The number of nitrogens with one attached hydrogen (secondary N) is 3. The van der Waals surface area contributed by atoms with Crippen LogP contribution in [0, 0.1) is 11.5 Å². The molecule has 0 amide bonds. The normalized spacial score (nSPS) is 32.1. The number of nitrogens with two attached hydrogens (primary N) is 3. The Kier molecular flexibility index (Phi) is 12.6. The minimum Gasteiger partial charge on any atom is -0.387 e. The Labute approximate surface area is 418 Å². The summed E-state index contributed by atoms with van der Waals surface area (Å²) in [5, 5.41) is 69.2. The van der Waals surface area contributed by atoms with Crippen LogP contribution in [0.5, 0.6) is 0 Å². The minimum atomic E-state index is -5.11. The highest BCUT2D eigenvalue weighted by Gasteiger charge is 2.58. The van der Waals surface area contributed by atoms with Crippen LogP contribution < -0.4 is 33.9 Å². The summed E-state index contributed by atoms with van der Waals surface area (Å²) in [6.45, 7) is 1.04. The molecule has 368 valence electrons. The molecule has 3 aliphatic heterocycles. The van der Waals surface area contributed by atoms with E-state index >= 15 is 0 Å². The van der Waals surface area contributed by atoms with Crippen molar-refractivity contribution in [3.63, 3.8) is 0 Å². The number of aromatic amines is 3. The van der Waals surface area contributed by atoms with E-state index in [0.717, 1.165) is 0 Å². The van der Waals surface area contributed by atoms with Gasteiger partial charge in [0.15, 0.2) is 63.7 Å². The zero-order valence-corrected chi connectivity index (χ0v) is 42.3. The van der Waals surface area contributed by atoms with E-state index in [9.17, 15) is 49.6 Å². The molecule has 0 bridgehead atoms.